The second-order valence-electron chi connectivity index (χ2n) is 6.65. The number of fused-ring (bicyclic) bond motifs is 2. The summed E-state index contributed by atoms with van der Waals surface area (Å²) in [5.74, 6) is -0.0149. The molecule has 28 heavy (non-hydrogen) atoms. The minimum absolute atomic E-state index is 0.0149. The van der Waals surface area contributed by atoms with E-state index in [4.69, 9.17) is 0 Å². The van der Waals surface area contributed by atoms with Gasteiger partial charge in [0.1, 0.15) is 0 Å². The molecule has 0 atom stereocenters. The minimum atomic E-state index is -0.119. The van der Waals surface area contributed by atoms with E-state index in [2.05, 4.69) is 4.98 Å². The van der Waals surface area contributed by atoms with Crippen LogP contribution in [0.2, 0.25) is 0 Å². The lowest BCUT2D eigenvalue weighted by atomic mass is 10.1. The third-order valence-corrected chi connectivity index (χ3v) is 4.97. The highest BCUT2D eigenvalue weighted by atomic mass is 16.2. The number of aryl methyl sites for hydroxylation is 1. The summed E-state index contributed by atoms with van der Waals surface area (Å²) in [5.41, 5.74) is 1.45. The number of para-hydroxylation sites is 1. The van der Waals surface area contributed by atoms with Crippen LogP contribution in [0.3, 0.4) is 0 Å². The molecule has 0 aliphatic carbocycles. The van der Waals surface area contributed by atoms with E-state index >= 15 is 0 Å². The van der Waals surface area contributed by atoms with E-state index in [-0.39, 0.29) is 17.9 Å². The molecule has 0 aliphatic rings. The van der Waals surface area contributed by atoms with Crippen molar-refractivity contribution in [3.8, 4) is 0 Å². The number of carbonyl (C=O) groups excluding carboxylic acids is 1. The van der Waals surface area contributed by atoms with Gasteiger partial charge in [-0.25, -0.2) is 4.98 Å². The maximum absolute atomic E-state index is 13.0. The van der Waals surface area contributed by atoms with Crippen LogP contribution in [0.25, 0.3) is 21.7 Å². The third kappa shape index (κ3) is 3.27. The number of hydrogen-bond acceptors (Lipinski definition) is 3. The number of rotatable bonds is 5. The van der Waals surface area contributed by atoms with E-state index in [0.29, 0.717) is 24.0 Å². The quantitative estimate of drug-likeness (QED) is 0.533. The van der Waals surface area contributed by atoms with E-state index in [1.54, 1.807) is 11.0 Å². The molecule has 0 saturated heterocycles. The number of hydrogen-bond donors (Lipinski definition) is 0. The first-order valence-corrected chi connectivity index (χ1v) is 9.41. The average molecular weight is 371 g/mol. The predicted octanol–water partition coefficient (Wildman–Crippen LogP) is 3.99. The zero-order valence-electron chi connectivity index (χ0n) is 15.7. The van der Waals surface area contributed by atoms with Gasteiger partial charge in [0, 0.05) is 24.9 Å². The van der Waals surface area contributed by atoms with Crippen LogP contribution < -0.4 is 10.5 Å². The molecule has 1 aromatic heterocycles. The Balaban J connectivity index is 1.59. The van der Waals surface area contributed by atoms with Crippen LogP contribution in [-0.4, -0.2) is 22.0 Å². The maximum atomic E-state index is 13.0. The minimum Gasteiger partial charge on any atom is -0.312 e. The number of carbonyl (C=O) groups is 1. The summed E-state index contributed by atoms with van der Waals surface area (Å²) in [6.07, 6.45) is 1.75. The topological polar surface area (TPSA) is 55.2 Å². The summed E-state index contributed by atoms with van der Waals surface area (Å²) in [5, 5.41) is 2.71. The summed E-state index contributed by atoms with van der Waals surface area (Å²) < 4.78 is 1.51. The van der Waals surface area contributed by atoms with E-state index in [9.17, 15) is 9.59 Å². The van der Waals surface area contributed by atoms with Crippen LogP contribution in [-0.2, 0) is 11.3 Å². The summed E-state index contributed by atoms with van der Waals surface area (Å²) in [6, 6.07) is 21.2. The fourth-order valence-electron chi connectivity index (χ4n) is 3.54. The van der Waals surface area contributed by atoms with Gasteiger partial charge < -0.3 is 4.90 Å². The van der Waals surface area contributed by atoms with Crippen molar-refractivity contribution in [2.75, 3.05) is 11.4 Å². The first-order valence-electron chi connectivity index (χ1n) is 9.41. The molecule has 1 heterocycles. The summed E-state index contributed by atoms with van der Waals surface area (Å²) in [4.78, 5) is 31.7. The number of amides is 1. The monoisotopic (exact) mass is 371 g/mol. The van der Waals surface area contributed by atoms with Crippen LogP contribution in [0.4, 0.5) is 5.69 Å². The molecule has 0 radical (unpaired) electrons. The first kappa shape index (κ1) is 17.9. The van der Waals surface area contributed by atoms with Crippen LogP contribution in [0.1, 0.15) is 13.3 Å². The van der Waals surface area contributed by atoms with Gasteiger partial charge in [0.2, 0.25) is 5.91 Å². The van der Waals surface area contributed by atoms with Crippen LogP contribution in [0.15, 0.2) is 77.9 Å². The van der Waals surface area contributed by atoms with Crippen molar-refractivity contribution in [3.63, 3.8) is 0 Å². The van der Waals surface area contributed by atoms with Gasteiger partial charge in [-0.05, 0) is 30.5 Å². The van der Waals surface area contributed by atoms with Crippen LogP contribution in [0, 0.1) is 0 Å². The van der Waals surface area contributed by atoms with Gasteiger partial charge in [-0.3, -0.25) is 14.2 Å². The molecular formula is C23H21N3O2. The Morgan fingerprint density at radius 2 is 1.68 bits per heavy atom. The summed E-state index contributed by atoms with van der Waals surface area (Å²) in [6.45, 7) is 2.83. The Bertz CT molecular complexity index is 1210. The second kappa shape index (κ2) is 7.64. The van der Waals surface area contributed by atoms with Crippen molar-refractivity contribution in [1.82, 2.24) is 9.55 Å². The second-order valence-corrected chi connectivity index (χ2v) is 6.65. The molecule has 0 unspecified atom stereocenters. The molecule has 0 spiro atoms. The van der Waals surface area contributed by atoms with Crippen molar-refractivity contribution in [2.24, 2.45) is 0 Å². The molecule has 0 bridgehead atoms. The molecule has 3 aromatic carbocycles. The lowest BCUT2D eigenvalue weighted by Crippen LogP contribution is -2.32. The molecule has 4 rings (SSSR count). The fourth-order valence-corrected chi connectivity index (χ4v) is 3.54. The SMILES string of the molecule is CCN(C(=O)CCn1cnc2ccccc2c1=O)c1cccc2ccccc12. The van der Waals surface area contributed by atoms with Crippen LogP contribution >= 0.6 is 0 Å². The normalized spacial score (nSPS) is 11.0. The number of nitrogens with zero attached hydrogens (tertiary/aromatic N) is 3. The molecule has 5 nitrogen and oxygen atoms in total. The van der Waals surface area contributed by atoms with E-state index in [0.717, 1.165) is 16.5 Å². The van der Waals surface area contributed by atoms with Gasteiger partial charge in [-0.15, -0.1) is 0 Å². The molecule has 0 aliphatic heterocycles. The van der Waals surface area contributed by atoms with Crippen molar-refractivity contribution in [3.05, 3.63) is 83.4 Å². The number of anilines is 1. The van der Waals surface area contributed by atoms with Gasteiger partial charge in [-0.1, -0.05) is 48.5 Å². The molecule has 0 N–H and O–H groups in total. The van der Waals surface area contributed by atoms with Crippen molar-refractivity contribution in [2.45, 2.75) is 19.9 Å². The Labute approximate surface area is 162 Å². The van der Waals surface area contributed by atoms with Gasteiger partial charge in [0.05, 0.1) is 22.9 Å². The fraction of sp³-hybridized carbons (Fsp3) is 0.174. The zero-order chi connectivity index (χ0) is 19.5. The predicted molar refractivity (Wildman–Crippen MR) is 113 cm³/mol. The maximum Gasteiger partial charge on any atom is 0.261 e. The van der Waals surface area contributed by atoms with Crippen molar-refractivity contribution >= 4 is 33.3 Å². The van der Waals surface area contributed by atoms with Crippen LogP contribution in [0.5, 0.6) is 0 Å². The lowest BCUT2D eigenvalue weighted by Gasteiger charge is -2.23. The molecule has 0 saturated carbocycles. The summed E-state index contributed by atoms with van der Waals surface area (Å²) >= 11 is 0. The Morgan fingerprint density at radius 3 is 2.50 bits per heavy atom. The van der Waals surface area contributed by atoms with E-state index in [1.165, 1.54) is 10.9 Å². The van der Waals surface area contributed by atoms with Gasteiger partial charge in [0.25, 0.3) is 5.56 Å². The first-order chi connectivity index (χ1) is 13.7. The highest BCUT2D eigenvalue weighted by Gasteiger charge is 2.16. The zero-order valence-corrected chi connectivity index (χ0v) is 15.7. The van der Waals surface area contributed by atoms with E-state index < -0.39 is 0 Å². The van der Waals surface area contributed by atoms with E-state index in [1.807, 2.05) is 67.6 Å². The summed E-state index contributed by atoms with van der Waals surface area (Å²) in [7, 11) is 0. The third-order valence-electron chi connectivity index (χ3n) is 4.97. The highest BCUT2D eigenvalue weighted by Crippen LogP contribution is 2.27. The number of benzene rings is 3. The average Bonchev–Trinajstić information content (AvgIpc) is 2.74. The molecule has 0 fully saturated rings. The lowest BCUT2D eigenvalue weighted by molar-refractivity contribution is -0.118. The Hall–Kier alpha value is -3.47. The largest absolute Gasteiger partial charge is 0.312 e. The Morgan fingerprint density at radius 1 is 0.964 bits per heavy atom. The van der Waals surface area contributed by atoms with Crippen molar-refractivity contribution < 1.29 is 4.79 Å². The van der Waals surface area contributed by atoms with Gasteiger partial charge in [-0.2, -0.15) is 0 Å². The number of aromatic nitrogens is 2. The highest BCUT2D eigenvalue weighted by molar-refractivity contribution is 6.03. The van der Waals surface area contributed by atoms with Gasteiger partial charge in [0.15, 0.2) is 0 Å². The standard InChI is InChI=1S/C23H21N3O2/c1-2-26(21-13-7-9-17-8-3-4-10-18(17)21)22(27)14-15-25-16-24-20-12-6-5-11-19(20)23(25)28/h3-13,16H,2,14-15H2,1H3. The molecule has 5 heteroatoms. The smallest absolute Gasteiger partial charge is 0.261 e. The molecular weight excluding hydrogens is 350 g/mol. The van der Waals surface area contributed by atoms with Crippen molar-refractivity contribution in [1.29, 1.82) is 0 Å². The molecule has 140 valence electrons. The molecule has 4 aromatic rings. The van der Waals surface area contributed by atoms with Gasteiger partial charge >= 0.3 is 0 Å². The Kier molecular flexibility index (Phi) is 4.89. The molecule has 1 amide bonds.